The normalized spacial score (nSPS) is 12.2. The first-order valence-electron chi connectivity index (χ1n) is 13.2. The Labute approximate surface area is 253 Å². The number of fused-ring (bicyclic) bond motifs is 2. The first kappa shape index (κ1) is 33.1. The molecule has 3 aromatic carbocycles. The molecule has 211 valence electrons. The molecule has 0 fully saturated rings. The number of benzene rings is 3. The number of nitriles is 1. The number of hydrogen-bond acceptors (Lipinski definition) is 4. The third-order valence-electron chi connectivity index (χ3n) is 6.54. The first-order chi connectivity index (χ1) is 18.0. The van der Waals surface area contributed by atoms with E-state index in [1.807, 2.05) is 78.1 Å². The van der Waals surface area contributed by atoms with Crippen LogP contribution in [0.25, 0.3) is 32.8 Å². The fraction of sp³-hybridized carbons (Fsp3) is 0.324. The zero-order valence-electron chi connectivity index (χ0n) is 24.9. The van der Waals surface area contributed by atoms with E-state index in [2.05, 4.69) is 61.0 Å². The largest absolute Gasteiger partial charge is 0.512 e. The van der Waals surface area contributed by atoms with E-state index in [9.17, 15) is 15.2 Å². The van der Waals surface area contributed by atoms with Gasteiger partial charge < -0.3 is 5.11 Å². The Hall–Kier alpha value is -3.10. The first-order valence-corrected chi connectivity index (χ1v) is 16.7. The fourth-order valence-electron chi connectivity index (χ4n) is 4.08. The van der Waals surface area contributed by atoms with Crippen LogP contribution in [-0.4, -0.2) is 23.9 Å². The van der Waals surface area contributed by atoms with Gasteiger partial charge in [0.2, 0.25) is 0 Å². The second-order valence-electron chi connectivity index (χ2n) is 13.0. The molecule has 0 aliphatic rings. The van der Waals surface area contributed by atoms with Crippen molar-refractivity contribution in [1.29, 1.82) is 5.26 Å². The Balaban J connectivity index is 0.000000344. The molecule has 4 rings (SSSR count). The number of allylic oxidation sites excluding steroid dienone is 2. The van der Waals surface area contributed by atoms with E-state index in [1.165, 1.54) is 16.6 Å². The second-order valence-corrected chi connectivity index (χ2v) is 18.0. The molecular weight excluding hydrogens is 689 g/mol. The molecule has 0 aliphatic carbocycles. The molecule has 1 radical (unpaired) electrons. The summed E-state index contributed by atoms with van der Waals surface area (Å²) in [6.45, 7) is 18.2. The van der Waals surface area contributed by atoms with Crippen molar-refractivity contribution in [3.8, 4) is 17.3 Å². The molecule has 1 heterocycles. The fourth-order valence-corrected chi connectivity index (χ4v) is 5.71. The van der Waals surface area contributed by atoms with Crippen LogP contribution in [0, 0.1) is 28.2 Å². The average molecular weight is 728 g/mol. The van der Waals surface area contributed by atoms with E-state index in [-0.39, 0.29) is 37.1 Å². The molecule has 4 aromatic rings. The van der Waals surface area contributed by atoms with Crippen LogP contribution < -0.4 is 5.19 Å². The summed E-state index contributed by atoms with van der Waals surface area (Å²) in [5.74, 6) is 0.104. The summed E-state index contributed by atoms with van der Waals surface area (Å²) < 4.78 is 0. The van der Waals surface area contributed by atoms with Crippen LogP contribution in [-0.2, 0) is 24.9 Å². The molecule has 0 atom stereocenters. The maximum Gasteiger partial charge on any atom is 0.164 e. The smallest absolute Gasteiger partial charge is 0.164 e. The van der Waals surface area contributed by atoms with Gasteiger partial charge in [0, 0.05) is 48.9 Å². The van der Waals surface area contributed by atoms with Gasteiger partial charge in [-0.05, 0) is 22.4 Å². The van der Waals surface area contributed by atoms with E-state index in [4.69, 9.17) is 0 Å². The van der Waals surface area contributed by atoms with E-state index in [0.29, 0.717) is 5.56 Å². The minimum absolute atomic E-state index is 0. The number of rotatable bonds is 3. The third-order valence-corrected chi connectivity index (χ3v) is 8.59. The van der Waals surface area contributed by atoms with Gasteiger partial charge in [-0.2, -0.15) is 5.26 Å². The SMILES string of the molecule is CC(C)(C)C(=O)/C=C(\O)C(C)(C)C.C[Si](C)(C)c1cccc2c(-c3[c-]c4ccccc4c(C#N)c3)nccc12.[Ir]. The van der Waals surface area contributed by atoms with Gasteiger partial charge in [0.05, 0.1) is 14.1 Å². The van der Waals surface area contributed by atoms with Crippen molar-refractivity contribution in [3.05, 3.63) is 84.3 Å². The molecule has 1 aromatic heterocycles. The maximum absolute atomic E-state index is 11.5. The number of hydrogen-bond donors (Lipinski definition) is 1. The Kier molecular flexibility index (Phi) is 10.4. The van der Waals surface area contributed by atoms with Crippen molar-refractivity contribution in [1.82, 2.24) is 4.98 Å². The van der Waals surface area contributed by atoms with Crippen LogP contribution in [0.2, 0.25) is 19.6 Å². The van der Waals surface area contributed by atoms with Gasteiger partial charge in [-0.3, -0.25) is 9.78 Å². The predicted octanol–water partition coefficient (Wildman–Crippen LogP) is 8.36. The molecule has 0 bridgehead atoms. The molecule has 4 nitrogen and oxygen atoms in total. The zero-order chi connectivity index (χ0) is 29.2. The number of carbonyl (C=O) groups excluding carboxylic acids is 1. The maximum atomic E-state index is 11.5. The summed E-state index contributed by atoms with van der Waals surface area (Å²) in [4.78, 5) is 16.1. The monoisotopic (exact) mass is 728 g/mol. The predicted molar refractivity (Wildman–Crippen MR) is 166 cm³/mol. The van der Waals surface area contributed by atoms with E-state index in [0.717, 1.165) is 27.4 Å². The van der Waals surface area contributed by atoms with Crippen LogP contribution in [0.3, 0.4) is 0 Å². The summed E-state index contributed by atoms with van der Waals surface area (Å²) in [7, 11) is -1.47. The molecule has 6 heteroatoms. The molecule has 0 spiro atoms. The molecular formula is C34H39IrN2O2Si-. The summed E-state index contributed by atoms with van der Waals surface area (Å²) in [5.41, 5.74) is 1.66. The number of carbonyl (C=O) groups is 1. The summed E-state index contributed by atoms with van der Waals surface area (Å²) in [6, 6.07) is 24.2. The Morgan fingerprint density at radius 1 is 0.925 bits per heavy atom. The number of aliphatic hydroxyl groups excluding tert-OH is 1. The van der Waals surface area contributed by atoms with Crippen molar-refractivity contribution >= 4 is 40.6 Å². The van der Waals surface area contributed by atoms with Crippen LogP contribution >= 0.6 is 0 Å². The minimum atomic E-state index is -1.47. The number of pyridine rings is 1. The number of aliphatic hydroxyl groups is 1. The quantitative estimate of drug-likeness (QED) is 0.0997. The minimum Gasteiger partial charge on any atom is -0.512 e. The van der Waals surface area contributed by atoms with Crippen molar-refractivity contribution in [3.63, 3.8) is 0 Å². The van der Waals surface area contributed by atoms with Crippen molar-refractivity contribution < 1.29 is 30.0 Å². The second kappa shape index (κ2) is 12.6. The van der Waals surface area contributed by atoms with Crippen molar-refractivity contribution in [2.75, 3.05) is 0 Å². The number of aromatic nitrogens is 1. The summed E-state index contributed by atoms with van der Waals surface area (Å²) in [6.07, 6.45) is 3.20. The van der Waals surface area contributed by atoms with Gasteiger partial charge in [-0.15, -0.1) is 23.6 Å². The molecule has 0 saturated heterocycles. The average Bonchev–Trinajstić information content (AvgIpc) is 2.86. The van der Waals surface area contributed by atoms with Crippen molar-refractivity contribution in [2.45, 2.75) is 61.2 Å². The van der Waals surface area contributed by atoms with Gasteiger partial charge in [0.1, 0.15) is 5.76 Å². The van der Waals surface area contributed by atoms with Gasteiger partial charge in [0.15, 0.2) is 5.78 Å². The molecule has 0 unspecified atom stereocenters. The molecule has 40 heavy (non-hydrogen) atoms. The van der Waals surface area contributed by atoms with Crippen molar-refractivity contribution in [2.24, 2.45) is 10.8 Å². The topological polar surface area (TPSA) is 74.0 Å². The van der Waals surface area contributed by atoms with Crippen LogP contribution in [0.5, 0.6) is 0 Å². The Morgan fingerprint density at radius 2 is 1.55 bits per heavy atom. The molecule has 0 saturated carbocycles. The zero-order valence-corrected chi connectivity index (χ0v) is 28.3. The van der Waals surface area contributed by atoms with E-state index >= 15 is 0 Å². The Morgan fingerprint density at radius 3 is 2.12 bits per heavy atom. The van der Waals surface area contributed by atoms with Gasteiger partial charge in [-0.25, -0.2) is 0 Å². The van der Waals surface area contributed by atoms with E-state index in [1.54, 1.807) is 0 Å². The van der Waals surface area contributed by atoms with Gasteiger partial charge in [-0.1, -0.05) is 114 Å². The van der Waals surface area contributed by atoms with E-state index < -0.39 is 13.5 Å². The standard InChI is InChI=1S/C23H19N2Si.C11H20O2.Ir/c1-26(2,3)22-10-6-9-21-20(22)11-12-25-23(21)17-13-16-7-4-5-8-19(16)18(14-17)15-24;1-10(2,3)8(12)7-9(13)11(4,5)6;/h4-12,14H,1-3H3;7,12H,1-6H3;/q-1;;/b;8-7-;. The Bertz CT molecular complexity index is 1600. The van der Waals surface area contributed by atoms with Crippen LogP contribution in [0.4, 0.5) is 0 Å². The summed E-state index contributed by atoms with van der Waals surface area (Å²) in [5, 5.41) is 24.8. The van der Waals surface area contributed by atoms with Crippen LogP contribution in [0.1, 0.15) is 47.1 Å². The van der Waals surface area contributed by atoms with Gasteiger partial charge in [0.25, 0.3) is 0 Å². The summed E-state index contributed by atoms with van der Waals surface area (Å²) >= 11 is 0. The number of nitrogens with zero attached hydrogens (tertiary/aromatic N) is 2. The van der Waals surface area contributed by atoms with Gasteiger partial charge >= 0.3 is 0 Å². The van der Waals surface area contributed by atoms with Crippen LogP contribution in [0.15, 0.2) is 72.6 Å². The molecule has 0 amide bonds. The molecule has 1 N–H and O–H groups in total. The third kappa shape index (κ3) is 7.76. The number of ketones is 1. The molecule has 0 aliphatic heterocycles.